The highest BCUT2D eigenvalue weighted by Gasteiger charge is 2.14. The molecule has 2 rings (SSSR count). The van der Waals surface area contributed by atoms with Crippen LogP contribution in [0.4, 0.5) is 5.88 Å². The largest absolute Gasteiger partial charge is 0.463 e. The Hall–Kier alpha value is -2.55. The second-order valence-electron chi connectivity index (χ2n) is 3.88. The molecule has 0 atom stereocenters. The number of oxazole rings is 1. The van der Waals surface area contributed by atoms with Crippen LogP contribution < -0.4 is 5.43 Å². The highest BCUT2D eigenvalue weighted by molar-refractivity contribution is 5.76. The monoisotopic (exact) mass is 244 g/mol. The minimum absolute atomic E-state index is 0.113. The average molecular weight is 244 g/mol. The molecule has 0 radical (unpaired) electrons. The first-order valence-electron chi connectivity index (χ1n) is 5.44. The van der Waals surface area contributed by atoms with Crippen molar-refractivity contribution in [3.63, 3.8) is 0 Å². The molecule has 0 bridgehead atoms. The Kier molecular flexibility index (Phi) is 3.44. The van der Waals surface area contributed by atoms with Gasteiger partial charge in [-0.1, -0.05) is 13.8 Å². The third-order valence-corrected chi connectivity index (χ3v) is 2.14. The summed E-state index contributed by atoms with van der Waals surface area (Å²) in [4.78, 5) is 4.06. The first-order chi connectivity index (χ1) is 8.70. The zero-order valence-corrected chi connectivity index (χ0v) is 10.0. The van der Waals surface area contributed by atoms with Crippen LogP contribution in [0.2, 0.25) is 0 Å². The van der Waals surface area contributed by atoms with E-state index in [1.165, 1.54) is 6.21 Å². The van der Waals surface area contributed by atoms with E-state index in [1.54, 1.807) is 18.4 Å². The molecule has 0 amide bonds. The van der Waals surface area contributed by atoms with E-state index in [0.717, 1.165) is 0 Å². The van der Waals surface area contributed by atoms with Gasteiger partial charge in [-0.15, -0.1) is 0 Å². The first kappa shape index (κ1) is 11.9. The lowest BCUT2D eigenvalue weighted by Gasteiger charge is -1.96. The van der Waals surface area contributed by atoms with Crippen molar-refractivity contribution >= 4 is 12.1 Å². The van der Waals surface area contributed by atoms with Gasteiger partial charge in [-0.05, 0) is 12.1 Å². The van der Waals surface area contributed by atoms with Crippen LogP contribution in [0.15, 0.2) is 32.3 Å². The Morgan fingerprint density at radius 1 is 1.56 bits per heavy atom. The van der Waals surface area contributed by atoms with Gasteiger partial charge in [0.1, 0.15) is 11.8 Å². The lowest BCUT2D eigenvalue weighted by molar-refractivity contribution is 0.481. The minimum Gasteiger partial charge on any atom is -0.463 e. The van der Waals surface area contributed by atoms with Gasteiger partial charge in [0.15, 0.2) is 0 Å². The Balaban J connectivity index is 2.12. The van der Waals surface area contributed by atoms with Crippen molar-refractivity contribution in [3.8, 4) is 6.07 Å². The lowest BCUT2D eigenvalue weighted by atomic mass is 10.2. The van der Waals surface area contributed by atoms with Crippen LogP contribution in [0.1, 0.15) is 37.1 Å². The molecule has 2 aromatic rings. The molecule has 6 nitrogen and oxygen atoms in total. The van der Waals surface area contributed by atoms with Crippen molar-refractivity contribution < 1.29 is 8.83 Å². The molecule has 0 aliphatic carbocycles. The number of hydrogen-bond acceptors (Lipinski definition) is 6. The quantitative estimate of drug-likeness (QED) is 0.659. The Labute approximate surface area is 104 Å². The number of nitriles is 1. The summed E-state index contributed by atoms with van der Waals surface area (Å²) in [5.74, 6) is 1.46. The van der Waals surface area contributed by atoms with Crippen molar-refractivity contribution in [1.82, 2.24) is 4.98 Å². The highest BCUT2D eigenvalue weighted by atomic mass is 16.4. The second kappa shape index (κ2) is 5.19. The van der Waals surface area contributed by atoms with E-state index in [1.807, 2.05) is 19.9 Å². The van der Waals surface area contributed by atoms with Crippen LogP contribution in [-0.2, 0) is 0 Å². The molecule has 2 heterocycles. The van der Waals surface area contributed by atoms with E-state index in [2.05, 4.69) is 15.5 Å². The van der Waals surface area contributed by atoms with E-state index in [-0.39, 0.29) is 17.5 Å². The molecule has 92 valence electrons. The molecule has 0 aliphatic heterocycles. The molecule has 0 saturated carbocycles. The third-order valence-electron chi connectivity index (χ3n) is 2.14. The summed E-state index contributed by atoms with van der Waals surface area (Å²) >= 11 is 0. The third kappa shape index (κ3) is 2.58. The minimum atomic E-state index is 0.113. The standard InChI is InChI=1S/C12H12N4O2/c1-8(2)11-15-10(6-13)12(18-11)16-14-7-9-4-3-5-17-9/h3-5,7-8,16H,1-2H3/b14-7+. The number of rotatable bonds is 4. The first-order valence-corrected chi connectivity index (χ1v) is 5.44. The van der Waals surface area contributed by atoms with Crippen LogP contribution in [0.3, 0.4) is 0 Å². The van der Waals surface area contributed by atoms with E-state index < -0.39 is 0 Å². The zero-order chi connectivity index (χ0) is 13.0. The zero-order valence-electron chi connectivity index (χ0n) is 10.0. The summed E-state index contributed by atoms with van der Waals surface area (Å²) in [5.41, 5.74) is 2.83. The van der Waals surface area contributed by atoms with Crippen LogP contribution >= 0.6 is 0 Å². The fourth-order valence-corrected chi connectivity index (χ4v) is 1.25. The van der Waals surface area contributed by atoms with E-state index in [0.29, 0.717) is 11.7 Å². The van der Waals surface area contributed by atoms with Crippen molar-refractivity contribution in [1.29, 1.82) is 5.26 Å². The predicted molar refractivity (Wildman–Crippen MR) is 65.2 cm³/mol. The fraction of sp³-hybridized carbons (Fsp3) is 0.250. The molecule has 18 heavy (non-hydrogen) atoms. The van der Waals surface area contributed by atoms with Crippen molar-refractivity contribution in [3.05, 3.63) is 35.7 Å². The van der Waals surface area contributed by atoms with Gasteiger partial charge >= 0.3 is 0 Å². The maximum absolute atomic E-state index is 8.91. The Morgan fingerprint density at radius 3 is 3.00 bits per heavy atom. The van der Waals surface area contributed by atoms with Crippen LogP contribution in [0, 0.1) is 11.3 Å². The smallest absolute Gasteiger partial charge is 0.252 e. The van der Waals surface area contributed by atoms with Gasteiger partial charge in [0, 0.05) is 5.92 Å². The number of nitrogens with zero attached hydrogens (tertiary/aromatic N) is 3. The van der Waals surface area contributed by atoms with E-state index in [9.17, 15) is 0 Å². The number of aromatic nitrogens is 1. The molecule has 0 aromatic carbocycles. The number of nitrogens with one attached hydrogen (secondary N) is 1. The molecule has 6 heteroatoms. The van der Waals surface area contributed by atoms with Gasteiger partial charge in [-0.3, -0.25) is 0 Å². The Morgan fingerprint density at radius 2 is 2.39 bits per heavy atom. The number of furan rings is 1. The molecule has 0 saturated heterocycles. The molecule has 0 aliphatic rings. The summed E-state index contributed by atoms with van der Waals surface area (Å²) in [6.07, 6.45) is 3.03. The molecule has 1 N–H and O–H groups in total. The summed E-state index contributed by atoms with van der Waals surface area (Å²) in [7, 11) is 0. The number of hydrazone groups is 1. The summed E-state index contributed by atoms with van der Waals surface area (Å²) in [6.45, 7) is 3.87. The van der Waals surface area contributed by atoms with Crippen LogP contribution in [0.5, 0.6) is 0 Å². The van der Waals surface area contributed by atoms with Gasteiger partial charge in [-0.25, -0.2) is 10.4 Å². The summed E-state index contributed by atoms with van der Waals surface area (Å²) in [6, 6.07) is 5.47. The molecule has 0 spiro atoms. The lowest BCUT2D eigenvalue weighted by Crippen LogP contribution is -1.90. The van der Waals surface area contributed by atoms with E-state index in [4.69, 9.17) is 14.1 Å². The van der Waals surface area contributed by atoms with Gasteiger partial charge in [0.2, 0.25) is 11.6 Å². The topological polar surface area (TPSA) is 87.4 Å². The highest BCUT2D eigenvalue weighted by Crippen LogP contribution is 2.21. The normalized spacial score (nSPS) is 11.0. The van der Waals surface area contributed by atoms with Gasteiger partial charge in [0.05, 0.1) is 12.5 Å². The number of anilines is 1. The van der Waals surface area contributed by atoms with Crippen LogP contribution in [-0.4, -0.2) is 11.2 Å². The Bertz CT molecular complexity index is 576. The van der Waals surface area contributed by atoms with Crippen molar-refractivity contribution in [2.75, 3.05) is 5.43 Å². The van der Waals surface area contributed by atoms with Gasteiger partial charge < -0.3 is 8.83 Å². The van der Waals surface area contributed by atoms with Crippen molar-refractivity contribution in [2.24, 2.45) is 5.10 Å². The molecule has 2 aromatic heterocycles. The van der Waals surface area contributed by atoms with Gasteiger partial charge in [0.25, 0.3) is 5.88 Å². The van der Waals surface area contributed by atoms with E-state index >= 15 is 0 Å². The maximum Gasteiger partial charge on any atom is 0.252 e. The maximum atomic E-state index is 8.91. The second-order valence-corrected chi connectivity index (χ2v) is 3.88. The average Bonchev–Trinajstić information content (AvgIpc) is 2.97. The summed E-state index contributed by atoms with van der Waals surface area (Å²) < 4.78 is 10.5. The SMILES string of the molecule is CC(C)c1nc(C#N)c(N/N=C/c2ccco2)o1. The molecular weight excluding hydrogens is 232 g/mol. The predicted octanol–water partition coefficient (Wildman–Crippen LogP) is 2.71. The van der Waals surface area contributed by atoms with Gasteiger partial charge in [-0.2, -0.15) is 10.4 Å². The summed E-state index contributed by atoms with van der Waals surface area (Å²) in [5, 5.41) is 12.8. The number of hydrogen-bond donors (Lipinski definition) is 1. The molecular formula is C12H12N4O2. The molecule has 0 fully saturated rings. The van der Waals surface area contributed by atoms with Crippen molar-refractivity contribution in [2.45, 2.75) is 19.8 Å². The fourth-order valence-electron chi connectivity index (χ4n) is 1.25. The molecule has 0 unspecified atom stereocenters. The van der Waals surface area contributed by atoms with Crippen LogP contribution in [0.25, 0.3) is 0 Å².